The van der Waals surface area contributed by atoms with E-state index in [1.165, 1.54) is 12.1 Å². The lowest BCUT2D eigenvalue weighted by atomic mass is 10.1. The second-order valence-corrected chi connectivity index (χ2v) is 5.64. The monoisotopic (exact) mass is 318 g/mol. The largest absolute Gasteiger partial charge is 0.337 e. The number of carbonyl (C=O) groups is 1. The van der Waals surface area contributed by atoms with Gasteiger partial charge in [-0.05, 0) is 44.4 Å². The number of rotatable bonds is 7. The van der Waals surface area contributed by atoms with E-state index < -0.39 is 0 Å². The summed E-state index contributed by atoms with van der Waals surface area (Å²) in [4.78, 5) is 18.9. The van der Waals surface area contributed by atoms with E-state index in [2.05, 4.69) is 18.8 Å². The molecular weight excluding hydrogens is 291 g/mol. The lowest BCUT2D eigenvalue weighted by Gasteiger charge is -2.27. The van der Waals surface area contributed by atoms with Gasteiger partial charge in [-0.25, -0.2) is 9.38 Å². The molecule has 0 radical (unpaired) electrons. The van der Waals surface area contributed by atoms with Crippen LogP contribution in [0.25, 0.3) is 0 Å². The Morgan fingerprint density at radius 1 is 1.30 bits per heavy atom. The zero-order valence-corrected chi connectivity index (χ0v) is 14.8. The van der Waals surface area contributed by atoms with Gasteiger partial charge in [0.25, 0.3) is 5.91 Å². The molecule has 23 heavy (non-hydrogen) atoms. The first-order chi connectivity index (χ1) is 10.9. The molecule has 1 rings (SSSR count). The van der Waals surface area contributed by atoms with Gasteiger partial charge in [-0.1, -0.05) is 38.5 Å². The smallest absolute Gasteiger partial charge is 0.272 e. The number of amides is 1. The predicted molar refractivity (Wildman–Crippen MR) is 94.1 cm³/mol. The van der Waals surface area contributed by atoms with Crippen LogP contribution in [-0.4, -0.2) is 29.6 Å². The SMILES string of the molecule is C/C=C(\N=C(C)c1ccc(F)cc1)C(=O)N(C)C(CC)CCC. The van der Waals surface area contributed by atoms with Crippen LogP contribution in [0.5, 0.6) is 0 Å². The summed E-state index contributed by atoms with van der Waals surface area (Å²) in [6, 6.07) is 6.35. The summed E-state index contributed by atoms with van der Waals surface area (Å²) in [6.45, 7) is 7.84. The summed E-state index contributed by atoms with van der Waals surface area (Å²) in [5.74, 6) is -0.358. The Hall–Kier alpha value is -1.97. The van der Waals surface area contributed by atoms with E-state index in [-0.39, 0.29) is 17.8 Å². The number of hydrogen-bond donors (Lipinski definition) is 0. The van der Waals surface area contributed by atoms with Crippen molar-refractivity contribution >= 4 is 11.6 Å². The van der Waals surface area contributed by atoms with Crippen LogP contribution in [-0.2, 0) is 4.79 Å². The van der Waals surface area contributed by atoms with Gasteiger partial charge in [0.2, 0.25) is 0 Å². The van der Waals surface area contributed by atoms with Gasteiger partial charge < -0.3 is 4.90 Å². The average molecular weight is 318 g/mol. The van der Waals surface area contributed by atoms with E-state index in [1.54, 1.807) is 23.1 Å². The number of likely N-dealkylation sites (N-methyl/N-ethyl adjacent to an activating group) is 1. The van der Waals surface area contributed by atoms with Crippen LogP contribution < -0.4 is 0 Å². The maximum Gasteiger partial charge on any atom is 0.272 e. The topological polar surface area (TPSA) is 32.7 Å². The first-order valence-electron chi connectivity index (χ1n) is 8.19. The maximum atomic E-state index is 13.0. The Morgan fingerprint density at radius 3 is 2.39 bits per heavy atom. The summed E-state index contributed by atoms with van der Waals surface area (Å²) in [7, 11) is 1.83. The normalized spacial score (nSPS) is 13.8. The van der Waals surface area contributed by atoms with Gasteiger partial charge in [-0.3, -0.25) is 4.79 Å². The summed E-state index contributed by atoms with van der Waals surface area (Å²) in [5.41, 5.74) is 1.93. The van der Waals surface area contributed by atoms with Gasteiger partial charge in [-0.2, -0.15) is 0 Å². The van der Waals surface area contributed by atoms with Gasteiger partial charge in [-0.15, -0.1) is 0 Å². The molecule has 3 nitrogen and oxygen atoms in total. The third-order valence-corrected chi connectivity index (χ3v) is 4.00. The minimum absolute atomic E-state index is 0.0748. The average Bonchev–Trinajstić information content (AvgIpc) is 2.56. The molecule has 126 valence electrons. The van der Waals surface area contributed by atoms with Gasteiger partial charge in [0.15, 0.2) is 0 Å². The minimum atomic E-state index is -0.283. The van der Waals surface area contributed by atoms with Gasteiger partial charge >= 0.3 is 0 Å². The third kappa shape index (κ3) is 5.31. The van der Waals surface area contributed by atoms with E-state index in [9.17, 15) is 9.18 Å². The quantitative estimate of drug-likeness (QED) is 0.535. The molecule has 0 spiro atoms. The number of hydrogen-bond acceptors (Lipinski definition) is 2. The van der Waals surface area contributed by atoms with Crippen molar-refractivity contribution in [1.29, 1.82) is 0 Å². The first kappa shape index (κ1) is 19.1. The van der Waals surface area contributed by atoms with Crippen molar-refractivity contribution in [1.82, 2.24) is 4.90 Å². The van der Waals surface area contributed by atoms with Crippen LogP contribution in [0.15, 0.2) is 41.0 Å². The number of allylic oxidation sites excluding steroid dienone is 1. The summed E-state index contributed by atoms with van der Waals surface area (Å²) >= 11 is 0. The van der Waals surface area contributed by atoms with Crippen LogP contribution in [0, 0.1) is 5.82 Å². The van der Waals surface area contributed by atoms with Crippen molar-refractivity contribution in [3.63, 3.8) is 0 Å². The molecule has 0 aliphatic carbocycles. The molecule has 0 aromatic heterocycles. The Labute approximate surface area is 138 Å². The number of benzene rings is 1. The second-order valence-electron chi connectivity index (χ2n) is 5.64. The third-order valence-electron chi connectivity index (χ3n) is 4.00. The molecule has 0 saturated heterocycles. The molecule has 1 amide bonds. The molecule has 0 aliphatic rings. The highest BCUT2D eigenvalue weighted by atomic mass is 19.1. The molecule has 1 atom stereocenters. The summed E-state index contributed by atoms with van der Waals surface area (Å²) < 4.78 is 13.0. The molecule has 1 aromatic carbocycles. The number of aliphatic imine (C=N–C) groups is 1. The first-order valence-corrected chi connectivity index (χ1v) is 8.19. The van der Waals surface area contributed by atoms with Crippen LogP contribution in [0.4, 0.5) is 4.39 Å². The standard InChI is InChI=1S/C19H27FN2O/c1-6-9-17(7-2)22(5)19(23)18(8-3)21-14(4)15-10-12-16(20)13-11-15/h8,10-13,17H,6-7,9H2,1-5H3/b18-8-,21-14?. The lowest BCUT2D eigenvalue weighted by Crippen LogP contribution is -2.37. The van der Waals surface area contributed by atoms with E-state index >= 15 is 0 Å². The van der Waals surface area contributed by atoms with Crippen molar-refractivity contribution in [3.05, 3.63) is 47.4 Å². The molecule has 1 unspecified atom stereocenters. The molecule has 0 bridgehead atoms. The summed E-state index contributed by atoms with van der Waals surface area (Å²) in [6.07, 6.45) is 4.67. The van der Waals surface area contributed by atoms with Crippen molar-refractivity contribution in [3.8, 4) is 0 Å². The van der Waals surface area contributed by atoms with Crippen LogP contribution in [0.3, 0.4) is 0 Å². The van der Waals surface area contributed by atoms with Crippen molar-refractivity contribution < 1.29 is 9.18 Å². The fraction of sp³-hybridized carbons (Fsp3) is 0.474. The molecule has 0 N–H and O–H groups in total. The fourth-order valence-corrected chi connectivity index (χ4v) is 2.52. The molecule has 0 heterocycles. The number of halogens is 1. The fourth-order valence-electron chi connectivity index (χ4n) is 2.52. The van der Waals surface area contributed by atoms with E-state index in [4.69, 9.17) is 0 Å². The second kappa shape index (κ2) is 9.23. The van der Waals surface area contributed by atoms with Crippen LogP contribution in [0.2, 0.25) is 0 Å². The Balaban J connectivity index is 2.97. The van der Waals surface area contributed by atoms with Crippen LogP contribution in [0.1, 0.15) is 52.5 Å². The molecular formula is C19H27FN2O. The highest BCUT2D eigenvalue weighted by Gasteiger charge is 2.20. The lowest BCUT2D eigenvalue weighted by molar-refractivity contribution is -0.128. The van der Waals surface area contributed by atoms with E-state index in [1.807, 2.05) is 20.9 Å². The Kier molecular flexibility index (Phi) is 7.66. The predicted octanol–water partition coefficient (Wildman–Crippen LogP) is 4.58. The zero-order chi connectivity index (χ0) is 17.4. The van der Waals surface area contributed by atoms with Crippen LogP contribution >= 0.6 is 0 Å². The Bertz CT molecular complexity index is 576. The maximum absolute atomic E-state index is 13.0. The minimum Gasteiger partial charge on any atom is -0.337 e. The van der Waals surface area contributed by atoms with Crippen molar-refractivity contribution in [2.24, 2.45) is 4.99 Å². The number of carbonyl (C=O) groups excluding carboxylic acids is 1. The Morgan fingerprint density at radius 2 is 1.91 bits per heavy atom. The van der Waals surface area contributed by atoms with E-state index in [0.717, 1.165) is 24.8 Å². The molecule has 4 heteroatoms. The van der Waals surface area contributed by atoms with Crippen molar-refractivity contribution in [2.45, 2.75) is 53.0 Å². The van der Waals surface area contributed by atoms with E-state index in [0.29, 0.717) is 11.4 Å². The van der Waals surface area contributed by atoms with Gasteiger partial charge in [0.05, 0.1) is 0 Å². The van der Waals surface area contributed by atoms with Gasteiger partial charge in [0, 0.05) is 18.8 Å². The number of nitrogens with zero attached hydrogens (tertiary/aromatic N) is 2. The zero-order valence-electron chi connectivity index (χ0n) is 14.8. The molecule has 0 aliphatic heterocycles. The highest BCUT2D eigenvalue weighted by Crippen LogP contribution is 2.14. The molecule has 0 fully saturated rings. The van der Waals surface area contributed by atoms with Gasteiger partial charge in [0.1, 0.15) is 11.5 Å². The molecule has 0 saturated carbocycles. The molecule has 1 aromatic rings. The van der Waals surface area contributed by atoms with Crippen molar-refractivity contribution in [2.75, 3.05) is 7.05 Å². The highest BCUT2D eigenvalue weighted by molar-refractivity contribution is 6.03. The summed E-state index contributed by atoms with van der Waals surface area (Å²) in [5, 5.41) is 0.